The number of amides is 5. The fraction of sp³-hybridized carbons (Fsp3) is 0.318. The summed E-state index contributed by atoms with van der Waals surface area (Å²) in [6, 6.07) is 13.2. The number of nitrogens with zero attached hydrogens (tertiary/aromatic N) is 1. The van der Waals surface area contributed by atoms with E-state index in [0.717, 1.165) is 12.8 Å². The summed E-state index contributed by atoms with van der Waals surface area (Å²) >= 11 is 0. The number of anilines is 3. The number of benzene rings is 2. The first-order chi connectivity index (χ1) is 15.0. The molecule has 9 heteroatoms. The van der Waals surface area contributed by atoms with Gasteiger partial charge in [-0.15, -0.1) is 0 Å². The molecular weight excluding hydrogens is 398 g/mol. The summed E-state index contributed by atoms with van der Waals surface area (Å²) in [4.78, 5) is 38.2. The van der Waals surface area contributed by atoms with Gasteiger partial charge in [-0.2, -0.15) is 0 Å². The molecule has 0 aromatic heterocycles. The zero-order chi connectivity index (χ0) is 22.2. The molecule has 3 rings (SSSR count). The second kappa shape index (κ2) is 10.3. The summed E-state index contributed by atoms with van der Waals surface area (Å²) < 4.78 is 5.09. The lowest BCUT2D eigenvalue weighted by molar-refractivity contribution is -0.125. The Hall–Kier alpha value is -3.75. The van der Waals surface area contributed by atoms with Gasteiger partial charge in [0.1, 0.15) is 5.75 Å². The van der Waals surface area contributed by atoms with Gasteiger partial charge in [0.15, 0.2) is 0 Å². The molecule has 1 aliphatic heterocycles. The van der Waals surface area contributed by atoms with Gasteiger partial charge in [0.25, 0.3) is 0 Å². The SMILES string of the molecule is CNC(=O)[C@@H]1CCCN(C(=O)Nc2ccc(NC(=O)Nc3ccc(OC)cc3)cc2)C1. The van der Waals surface area contributed by atoms with Crippen LogP contribution < -0.4 is 26.0 Å². The number of methoxy groups -OCH3 is 1. The van der Waals surface area contributed by atoms with Gasteiger partial charge in [-0.3, -0.25) is 4.79 Å². The zero-order valence-corrected chi connectivity index (χ0v) is 17.6. The van der Waals surface area contributed by atoms with Crippen molar-refractivity contribution >= 4 is 35.0 Å². The first-order valence-corrected chi connectivity index (χ1v) is 10.1. The minimum Gasteiger partial charge on any atom is -0.497 e. The van der Waals surface area contributed by atoms with Crippen LogP contribution in [-0.4, -0.2) is 50.1 Å². The Bertz CT molecular complexity index is 915. The van der Waals surface area contributed by atoms with Gasteiger partial charge < -0.3 is 30.9 Å². The van der Waals surface area contributed by atoms with Crippen molar-refractivity contribution in [1.82, 2.24) is 10.2 Å². The number of hydrogen-bond acceptors (Lipinski definition) is 4. The molecule has 4 N–H and O–H groups in total. The molecule has 1 atom stereocenters. The maximum Gasteiger partial charge on any atom is 0.323 e. The predicted molar refractivity (Wildman–Crippen MR) is 119 cm³/mol. The van der Waals surface area contributed by atoms with Crippen molar-refractivity contribution < 1.29 is 19.1 Å². The number of piperidine rings is 1. The molecule has 0 radical (unpaired) electrons. The van der Waals surface area contributed by atoms with Crippen LogP contribution in [0.1, 0.15) is 12.8 Å². The second-order valence-electron chi connectivity index (χ2n) is 7.21. The second-order valence-corrected chi connectivity index (χ2v) is 7.21. The molecule has 1 saturated heterocycles. The number of likely N-dealkylation sites (tertiary alicyclic amines) is 1. The molecule has 9 nitrogen and oxygen atoms in total. The van der Waals surface area contributed by atoms with E-state index in [0.29, 0.717) is 35.9 Å². The summed E-state index contributed by atoms with van der Waals surface area (Å²) in [5.41, 5.74) is 1.83. The maximum absolute atomic E-state index is 12.5. The van der Waals surface area contributed by atoms with Gasteiger partial charge in [-0.25, -0.2) is 9.59 Å². The van der Waals surface area contributed by atoms with E-state index < -0.39 is 0 Å². The molecule has 0 aliphatic carbocycles. The quantitative estimate of drug-likeness (QED) is 0.589. The van der Waals surface area contributed by atoms with E-state index in [1.807, 2.05) is 0 Å². The Morgan fingerprint density at radius 2 is 1.45 bits per heavy atom. The Kier molecular flexibility index (Phi) is 7.31. The molecule has 1 aliphatic rings. The van der Waals surface area contributed by atoms with Crippen molar-refractivity contribution in [2.24, 2.45) is 5.92 Å². The fourth-order valence-electron chi connectivity index (χ4n) is 3.39. The van der Waals surface area contributed by atoms with Crippen molar-refractivity contribution in [1.29, 1.82) is 0 Å². The molecular formula is C22H27N5O4. The van der Waals surface area contributed by atoms with E-state index in [1.165, 1.54) is 0 Å². The van der Waals surface area contributed by atoms with Gasteiger partial charge in [-0.1, -0.05) is 0 Å². The number of carbonyl (C=O) groups is 3. The molecule has 0 spiro atoms. The van der Waals surface area contributed by atoms with Crippen LogP contribution in [0.3, 0.4) is 0 Å². The van der Waals surface area contributed by atoms with E-state index in [-0.39, 0.29) is 23.9 Å². The molecule has 2 aromatic rings. The van der Waals surface area contributed by atoms with Gasteiger partial charge in [0, 0.05) is 37.2 Å². The number of carbonyl (C=O) groups excluding carboxylic acids is 3. The van der Waals surface area contributed by atoms with E-state index in [4.69, 9.17) is 4.74 Å². The molecule has 5 amide bonds. The summed E-state index contributed by atoms with van der Waals surface area (Å²) in [7, 11) is 3.18. The van der Waals surface area contributed by atoms with E-state index in [9.17, 15) is 14.4 Å². The number of ether oxygens (including phenoxy) is 1. The minimum atomic E-state index is -0.379. The summed E-state index contributed by atoms with van der Waals surface area (Å²) in [5.74, 6) is 0.485. The van der Waals surface area contributed by atoms with Crippen LogP contribution in [0.15, 0.2) is 48.5 Å². The van der Waals surface area contributed by atoms with Gasteiger partial charge in [0.2, 0.25) is 5.91 Å². The van der Waals surface area contributed by atoms with Crippen molar-refractivity contribution in [3.05, 3.63) is 48.5 Å². The van der Waals surface area contributed by atoms with Gasteiger partial charge >= 0.3 is 12.1 Å². The number of hydrogen-bond donors (Lipinski definition) is 4. The topological polar surface area (TPSA) is 112 Å². The third-order valence-electron chi connectivity index (χ3n) is 5.07. The van der Waals surface area contributed by atoms with Crippen molar-refractivity contribution in [2.75, 3.05) is 43.2 Å². The normalized spacial score (nSPS) is 15.5. The lowest BCUT2D eigenvalue weighted by Gasteiger charge is -2.31. The third-order valence-corrected chi connectivity index (χ3v) is 5.07. The number of rotatable bonds is 5. The fourth-order valence-corrected chi connectivity index (χ4v) is 3.39. The van der Waals surface area contributed by atoms with Crippen LogP contribution in [0, 0.1) is 5.92 Å². The average molecular weight is 425 g/mol. The summed E-state index contributed by atoms with van der Waals surface area (Å²) in [6.45, 7) is 1.02. The predicted octanol–water partition coefficient (Wildman–Crippen LogP) is 3.33. The van der Waals surface area contributed by atoms with Gasteiger partial charge in [0.05, 0.1) is 13.0 Å². The maximum atomic E-state index is 12.5. The minimum absolute atomic E-state index is 0.0409. The molecule has 1 heterocycles. The Morgan fingerprint density at radius 1 is 0.903 bits per heavy atom. The van der Waals surface area contributed by atoms with Crippen LogP contribution in [0.4, 0.5) is 26.7 Å². The highest BCUT2D eigenvalue weighted by atomic mass is 16.5. The molecule has 0 saturated carbocycles. The molecule has 0 unspecified atom stereocenters. The Morgan fingerprint density at radius 3 is 2.00 bits per heavy atom. The third kappa shape index (κ3) is 6.11. The van der Waals surface area contributed by atoms with Crippen LogP contribution in [0.5, 0.6) is 5.75 Å². The van der Waals surface area contributed by atoms with Crippen LogP contribution in [0.2, 0.25) is 0 Å². The van der Waals surface area contributed by atoms with Crippen molar-refractivity contribution in [2.45, 2.75) is 12.8 Å². The molecule has 2 aromatic carbocycles. The highest BCUT2D eigenvalue weighted by Gasteiger charge is 2.27. The van der Waals surface area contributed by atoms with Crippen LogP contribution in [-0.2, 0) is 4.79 Å². The first kappa shape index (κ1) is 21.9. The van der Waals surface area contributed by atoms with Gasteiger partial charge in [-0.05, 0) is 61.4 Å². The molecule has 0 bridgehead atoms. The smallest absolute Gasteiger partial charge is 0.323 e. The monoisotopic (exact) mass is 425 g/mol. The highest BCUT2D eigenvalue weighted by Crippen LogP contribution is 2.20. The highest BCUT2D eigenvalue weighted by molar-refractivity contribution is 6.00. The summed E-state index contributed by atoms with van der Waals surface area (Å²) in [6.07, 6.45) is 1.57. The zero-order valence-electron chi connectivity index (χ0n) is 17.6. The standard InChI is InChI=1S/C22H27N5O4/c1-23-20(28)15-4-3-13-27(14-15)22(30)26-18-7-5-16(6-8-18)24-21(29)25-17-9-11-19(31-2)12-10-17/h5-12,15H,3-4,13-14H2,1-2H3,(H,23,28)(H,26,30)(H2,24,25,29)/t15-/m1/s1. The lowest BCUT2D eigenvalue weighted by atomic mass is 9.97. The largest absolute Gasteiger partial charge is 0.497 e. The van der Waals surface area contributed by atoms with Crippen molar-refractivity contribution in [3.8, 4) is 5.75 Å². The number of urea groups is 2. The molecule has 31 heavy (non-hydrogen) atoms. The van der Waals surface area contributed by atoms with E-state index in [2.05, 4.69) is 21.3 Å². The first-order valence-electron chi connectivity index (χ1n) is 10.1. The molecule has 1 fully saturated rings. The Balaban J connectivity index is 1.50. The van der Waals surface area contributed by atoms with Crippen molar-refractivity contribution in [3.63, 3.8) is 0 Å². The van der Waals surface area contributed by atoms with E-state index in [1.54, 1.807) is 67.6 Å². The van der Waals surface area contributed by atoms with Crippen LogP contribution in [0.25, 0.3) is 0 Å². The van der Waals surface area contributed by atoms with E-state index >= 15 is 0 Å². The average Bonchev–Trinajstić information content (AvgIpc) is 2.80. The lowest BCUT2D eigenvalue weighted by Crippen LogP contribution is -2.46. The summed E-state index contributed by atoms with van der Waals surface area (Å²) in [5, 5.41) is 11.0. The molecule has 164 valence electrons. The Labute approximate surface area is 181 Å². The van der Waals surface area contributed by atoms with Crippen LogP contribution >= 0.6 is 0 Å². The number of nitrogens with one attached hydrogen (secondary N) is 4.